The van der Waals surface area contributed by atoms with Crippen molar-refractivity contribution in [3.63, 3.8) is 0 Å². The normalized spacial score (nSPS) is 15.9. The average Bonchev–Trinajstić information content (AvgIpc) is 2.62. The highest BCUT2D eigenvalue weighted by atomic mass is 19.1. The number of halogens is 1. The van der Waals surface area contributed by atoms with Gasteiger partial charge in [-0.1, -0.05) is 18.6 Å². The number of nitrogens with one attached hydrogen (secondary N) is 1. The molecule has 1 fully saturated rings. The molecule has 0 spiro atoms. The Morgan fingerprint density at radius 2 is 1.81 bits per heavy atom. The van der Waals surface area contributed by atoms with Crippen molar-refractivity contribution in [2.24, 2.45) is 10.7 Å². The third kappa shape index (κ3) is 3.74. The van der Waals surface area contributed by atoms with Gasteiger partial charge in [-0.15, -0.1) is 0 Å². The summed E-state index contributed by atoms with van der Waals surface area (Å²) in [6.07, 6.45) is 3.22. The van der Waals surface area contributed by atoms with E-state index in [9.17, 15) is 4.39 Å². The van der Waals surface area contributed by atoms with Gasteiger partial charge in [0.05, 0.1) is 20.8 Å². The van der Waals surface area contributed by atoms with Gasteiger partial charge in [0.15, 0.2) is 17.5 Å². The van der Waals surface area contributed by atoms with Crippen LogP contribution in [0.1, 0.15) is 24.8 Å². The van der Waals surface area contributed by atoms with Gasteiger partial charge >= 0.3 is 0 Å². The van der Waals surface area contributed by atoms with Gasteiger partial charge in [-0.3, -0.25) is 4.99 Å². The molecule has 1 aliphatic carbocycles. The molecule has 0 heterocycles. The van der Waals surface area contributed by atoms with Crippen LogP contribution < -0.4 is 20.5 Å². The van der Waals surface area contributed by atoms with Crippen LogP contribution >= 0.6 is 0 Å². The summed E-state index contributed by atoms with van der Waals surface area (Å²) >= 11 is 0. The summed E-state index contributed by atoms with van der Waals surface area (Å²) in [5, 5.41) is 3.08. The van der Waals surface area contributed by atoms with Crippen molar-refractivity contribution in [2.75, 3.05) is 26.1 Å². The lowest BCUT2D eigenvalue weighted by atomic mass is 9.64. The molecule has 2 aromatic carbocycles. The Bertz CT molecular complexity index is 786. The van der Waals surface area contributed by atoms with E-state index in [1.54, 1.807) is 26.4 Å². The van der Waals surface area contributed by atoms with Gasteiger partial charge < -0.3 is 20.5 Å². The summed E-state index contributed by atoms with van der Waals surface area (Å²) in [4.78, 5) is 4.53. The van der Waals surface area contributed by atoms with Crippen LogP contribution in [0.4, 0.5) is 10.1 Å². The zero-order valence-electron chi connectivity index (χ0n) is 15.1. The molecule has 0 aromatic heterocycles. The van der Waals surface area contributed by atoms with Gasteiger partial charge in [0, 0.05) is 17.2 Å². The molecule has 5 nitrogen and oxygen atoms in total. The number of hydrogen-bond donors (Lipinski definition) is 2. The Labute approximate surface area is 153 Å². The number of guanidine groups is 1. The third-order valence-electron chi connectivity index (χ3n) is 4.98. The maximum absolute atomic E-state index is 13.2. The van der Waals surface area contributed by atoms with Gasteiger partial charge in [0.2, 0.25) is 0 Å². The Balaban J connectivity index is 1.70. The van der Waals surface area contributed by atoms with Crippen molar-refractivity contribution in [3.8, 4) is 11.5 Å². The number of rotatable bonds is 6. The van der Waals surface area contributed by atoms with E-state index < -0.39 is 0 Å². The summed E-state index contributed by atoms with van der Waals surface area (Å²) in [6, 6.07) is 12.2. The van der Waals surface area contributed by atoms with Crippen molar-refractivity contribution >= 4 is 11.6 Å². The molecule has 0 saturated heterocycles. The number of benzene rings is 2. The fourth-order valence-corrected chi connectivity index (χ4v) is 3.28. The van der Waals surface area contributed by atoms with Crippen molar-refractivity contribution in [3.05, 3.63) is 53.8 Å². The van der Waals surface area contributed by atoms with Crippen LogP contribution in [-0.4, -0.2) is 26.7 Å². The maximum Gasteiger partial charge on any atom is 0.193 e. The number of hydrogen-bond acceptors (Lipinski definition) is 3. The topological polar surface area (TPSA) is 68.9 Å². The van der Waals surface area contributed by atoms with Gasteiger partial charge in [0.25, 0.3) is 0 Å². The molecule has 0 atom stereocenters. The lowest BCUT2D eigenvalue weighted by molar-refractivity contribution is 0.253. The van der Waals surface area contributed by atoms with Crippen molar-refractivity contribution in [1.29, 1.82) is 0 Å². The van der Waals surface area contributed by atoms with E-state index >= 15 is 0 Å². The molecule has 2 aromatic rings. The molecule has 3 rings (SSSR count). The van der Waals surface area contributed by atoms with Crippen LogP contribution in [0.25, 0.3) is 0 Å². The second-order valence-electron chi connectivity index (χ2n) is 6.54. The van der Waals surface area contributed by atoms with Crippen LogP contribution in [-0.2, 0) is 5.41 Å². The molecule has 0 radical (unpaired) electrons. The molecule has 0 amide bonds. The van der Waals surface area contributed by atoms with Crippen molar-refractivity contribution < 1.29 is 13.9 Å². The van der Waals surface area contributed by atoms with E-state index in [0.717, 1.165) is 30.5 Å². The zero-order chi connectivity index (χ0) is 18.6. The molecule has 26 heavy (non-hydrogen) atoms. The number of aliphatic imine (C=N–C) groups is 1. The lowest BCUT2D eigenvalue weighted by Crippen LogP contribution is -2.38. The number of methoxy groups -OCH3 is 2. The van der Waals surface area contributed by atoms with Crippen molar-refractivity contribution in [2.45, 2.75) is 24.7 Å². The second kappa shape index (κ2) is 7.64. The first-order chi connectivity index (χ1) is 12.6. The minimum atomic E-state index is -0.221. The van der Waals surface area contributed by atoms with Crippen LogP contribution in [0.15, 0.2) is 47.5 Å². The average molecular weight is 357 g/mol. The molecule has 3 N–H and O–H groups in total. The van der Waals surface area contributed by atoms with Crippen molar-refractivity contribution in [1.82, 2.24) is 0 Å². The van der Waals surface area contributed by atoms with Gasteiger partial charge in [-0.05, 0) is 42.7 Å². The zero-order valence-corrected chi connectivity index (χ0v) is 15.1. The molecule has 0 aliphatic heterocycles. The lowest BCUT2D eigenvalue weighted by Gasteiger charge is -2.41. The van der Waals surface area contributed by atoms with Crippen LogP contribution in [0.5, 0.6) is 11.5 Å². The smallest absolute Gasteiger partial charge is 0.193 e. The van der Waals surface area contributed by atoms with E-state index in [1.807, 2.05) is 18.2 Å². The minimum Gasteiger partial charge on any atom is -0.493 e. The molecule has 138 valence electrons. The van der Waals surface area contributed by atoms with Crippen LogP contribution in [0.3, 0.4) is 0 Å². The first kappa shape index (κ1) is 18.0. The van der Waals surface area contributed by atoms with E-state index in [-0.39, 0.29) is 11.2 Å². The molecule has 0 unspecified atom stereocenters. The number of anilines is 1. The van der Waals surface area contributed by atoms with E-state index in [0.29, 0.717) is 24.0 Å². The minimum absolute atomic E-state index is 0.0440. The Kier molecular flexibility index (Phi) is 5.30. The number of nitrogens with two attached hydrogens (primary N) is 1. The standard InChI is InChI=1S/C20H24FN3O2/c1-25-17-9-8-16(12-18(17)26-2)24-19(22)23-13-20(10-3-11-20)14-4-6-15(21)7-5-14/h4-9,12H,3,10-11,13H2,1-2H3,(H3,22,23,24). The molecular weight excluding hydrogens is 333 g/mol. The van der Waals surface area contributed by atoms with Gasteiger partial charge in [-0.25, -0.2) is 4.39 Å². The summed E-state index contributed by atoms with van der Waals surface area (Å²) in [5.41, 5.74) is 7.91. The molecule has 1 saturated carbocycles. The highest BCUT2D eigenvalue weighted by Gasteiger charge is 2.38. The predicted octanol–water partition coefficient (Wildman–Crippen LogP) is 3.69. The fraction of sp³-hybridized carbons (Fsp3) is 0.350. The SMILES string of the molecule is COc1ccc(NC(N)=NCC2(c3ccc(F)cc3)CCC2)cc1OC. The number of ether oxygens (including phenoxy) is 2. The quantitative estimate of drug-likeness (QED) is 0.611. The molecule has 6 heteroatoms. The Hall–Kier alpha value is -2.76. The largest absolute Gasteiger partial charge is 0.493 e. The monoisotopic (exact) mass is 357 g/mol. The highest BCUT2D eigenvalue weighted by Crippen LogP contribution is 2.44. The Morgan fingerprint density at radius 1 is 1.12 bits per heavy atom. The Morgan fingerprint density at radius 3 is 2.38 bits per heavy atom. The van der Waals surface area contributed by atoms with Gasteiger partial charge in [-0.2, -0.15) is 0 Å². The number of nitrogens with zero attached hydrogens (tertiary/aromatic N) is 1. The van der Waals surface area contributed by atoms with E-state index in [4.69, 9.17) is 15.2 Å². The third-order valence-corrected chi connectivity index (χ3v) is 4.98. The predicted molar refractivity (Wildman–Crippen MR) is 102 cm³/mol. The van der Waals surface area contributed by atoms with E-state index in [2.05, 4.69) is 10.3 Å². The second-order valence-corrected chi connectivity index (χ2v) is 6.54. The first-order valence-electron chi connectivity index (χ1n) is 8.61. The molecular formula is C20H24FN3O2. The summed E-state index contributed by atoms with van der Waals surface area (Å²) < 4.78 is 23.7. The first-order valence-corrected chi connectivity index (χ1v) is 8.61. The molecule has 0 bridgehead atoms. The van der Waals surface area contributed by atoms with Crippen LogP contribution in [0, 0.1) is 5.82 Å². The van der Waals surface area contributed by atoms with Gasteiger partial charge in [0.1, 0.15) is 5.82 Å². The fourth-order valence-electron chi connectivity index (χ4n) is 3.28. The summed E-state index contributed by atoms with van der Waals surface area (Å²) in [6.45, 7) is 0.574. The summed E-state index contributed by atoms with van der Waals surface area (Å²) in [5.74, 6) is 1.39. The molecule has 1 aliphatic rings. The van der Waals surface area contributed by atoms with Crippen LogP contribution in [0.2, 0.25) is 0 Å². The maximum atomic E-state index is 13.2. The highest BCUT2D eigenvalue weighted by molar-refractivity contribution is 5.92. The summed E-state index contributed by atoms with van der Waals surface area (Å²) in [7, 11) is 3.18. The van der Waals surface area contributed by atoms with E-state index in [1.165, 1.54) is 12.1 Å².